The highest BCUT2D eigenvalue weighted by atomic mass is 15.1. The van der Waals surface area contributed by atoms with Crippen molar-refractivity contribution in [2.24, 2.45) is 0 Å². The molecule has 0 aliphatic carbocycles. The Morgan fingerprint density at radius 3 is 2.00 bits per heavy atom. The molecule has 2 rings (SSSR count). The molecule has 0 aliphatic heterocycles. The van der Waals surface area contributed by atoms with Crippen LogP contribution in [0.3, 0.4) is 0 Å². The minimum absolute atomic E-state index is 0.602. The summed E-state index contributed by atoms with van der Waals surface area (Å²) in [5, 5.41) is 11.2. The zero-order valence-electron chi connectivity index (χ0n) is 13.4. The highest BCUT2D eigenvalue weighted by Crippen LogP contribution is 2.25. The van der Waals surface area contributed by atoms with Crippen LogP contribution in [0, 0.1) is 19.3 Å². The van der Waals surface area contributed by atoms with Crippen LogP contribution in [0.2, 0.25) is 0 Å². The molecule has 0 radical (unpaired) electrons. The molecule has 2 aromatic rings. The van der Waals surface area contributed by atoms with Crippen molar-refractivity contribution >= 4 is 22.8 Å². The molecule has 0 fully saturated rings. The van der Waals surface area contributed by atoms with Crippen LogP contribution in [-0.2, 0) is 0 Å². The Kier molecular flexibility index (Phi) is 4.32. The molecule has 0 amide bonds. The van der Waals surface area contributed by atoms with Crippen LogP contribution >= 0.6 is 0 Å². The Labute approximate surface area is 127 Å². The maximum absolute atomic E-state index is 7.73. The Balaban J connectivity index is 2.24. The van der Waals surface area contributed by atoms with Gasteiger partial charge in [0.05, 0.1) is 0 Å². The minimum Gasteiger partial charge on any atom is -0.377 e. The summed E-state index contributed by atoms with van der Waals surface area (Å²) in [6.07, 6.45) is 0. The second-order valence-corrected chi connectivity index (χ2v) is 5.68. The van der Waals surface area contributed by atoms with Gasteiger partial charge in [0.15, 0.2) is 0 Å². The van der Waals surface area contributed by atoms with Crippen molar-refractivity contribution in [1.82, 2.24) is 0 Å². The number of hydrogen-bond donors (Lipinski definition) is 2. The highest BCUT2D eigenvalue weighted by molar-refractivity contribution is 5.98. The lowest BCUT2D eigenvalue weighted by molar-refractivity contribution is 1.11. The Bertz CT molecular complexity index is 672. The molecule has 21 heavy (non-hydrogen) atoms. The van der Waals surface area contributed by atoms with Gasteiger partial charge >= 0.3 is 0 Å². The van der Waals surface area contributed by atoms with E-state index in [4.69, 9.17) is 5.41 Å². The molecule has 0 bridgehead atoms. The van der Waals surface area contributed by atoms with Crippen molar-refractivity contribution in [2.75, 3.05) is 24.3 Å². The SMILES string of the molecule is CC(=N)c1ccc(Nc2ccc(N(C)C)c(C)c2)cc1C. The smallest absolute Gasteiger partial charge is 0.0392 e. The molecule has 0 aromatic heterocycles. The predicted octanol–water partition coefficient (Wildman–Crippen LogP) is 4.50. The van der Waals surface area contributed by atoms with E-state index in [0.29, 0.717) is 5.71 Å². The van der Waals surface area contributed by atoms with Crippen LogP contribution < -0.4 is 10.2 Å². The van der Waals surface area contributed by atoms with E-state index in [1.807, 2.05) is 26.0 Å². The lowest BCUT2D eigenvalue weighted by Gasteiger charge is -2.17. The molecule has 2 N–H and O–H groups in total. The molecule has 3 heteroatoms. The van der Waals surface area contributed by atoms with Gasteiger partial charge in [0.25, 0.3) is 0 Å². The number of nitrogens with one attached hydrogen (secondary N) is 2. The Morgan fingerprint density at radius 1 is 0.952 bits per heavy atom. The minimum atomic E-state index is 0.602. The fourth-order valence-corrected chi connectivity index (χ4v) is 2.56. The van der Waals surface area contributed by atoms with Gasteiger partial charge in [-0.25, -0.2) is 0 Å². The average molecular weight is 281 g/mol. The van der Waals surface area contributed by atoms with Crippen LogP contribution in [0.4, 0.5) is 17.1 Å². The van der Waals surface area contributed by atoms with Gasteiger partial charge in [0.2, 0.25) is 0 Å². The molecular formula is C18H23N3. The van der Waals surface area contributed by atoms with Crippen molar-refractivity contribution in [2.45, 2.75) is 20.8 Å². The standard InChI is InChI=1S/C18H23N3/c1-12-10-15(6-8-17(12)14(3)19)20-16-7-9-18(21(4)5)13(2)11-16/h6-11,19-20H,1-5H3. The van der Waals surface area contributed by atoms with Crippen molar-refractivity contribution in [3.05, 3.63) is 53.1 Å². The van der Waals surface area contributed by atoms with Gasteiger partial charge in [-0.05, 0) is 67.8 Å². The normalized spacial score (nSPS) is 10.3. The van der Waals surface area contributed by atoms with Gasteiger partial charge in [-0.1, -0.05) is 6.07 Å². The van der Waals surface area contributed by atoms with E-state index in [1.165, 1.54) is 11.3 Å². The summed E-state index contributed by atoms with van der Waals surface area (Å²) in [6.45, 7) is 5.98. The van der Waals surface area contributed by atoms with E-state index < -0.39 is 0 Å². The summed E-state index contributed by atoms with van der Waals surface area (Å²) < 4.78 is 0. The zero-order valence-corrected chi connectivity index (χ0v) is 13.4. The molecule has 110 valence electrons. The van der Waals surface area contributed by atoms with Crippen LogP contribution in [0.5, 0.6) is 0 Å². The first-order chi connectivity index (χ1) is 9.88. The Hall–Kier alpha value is -2.29. The number of aryl methyl sites for hydroxylation is 2. The second kappa shape index (κ2) is 6.00. The van der Waals surface area contributed by atoms with Gasteiger partial charge in [0, 0.05) is 36.9 Å². The molecule has 0 heterocycles. The lowest BCUT2D eigenvalue weighted by atomic mass is 10.0. The average Bonchev–Trinajstić information content (AvgIpc) is 2.37. The van der Waals surface area contributed by atoms with Gasteiger partial charge in [0.1, 0.15) is 0 Å². The van der Waals surface area contributed by atoms with Crippen LogP contribution in [-0.4, -0.2) is 19.8 Å². The second-order valence-electron chi connectivity index (χ2n) is 5.68. The fraction of sp³-hybridized carbons (Fsp3) is 0.278. The maximum atomic E-state index is 7.73. The zero-order chi connectivity index (χ0) is 15.6. The van der Waals surface area contributed by atoms with E-state index in [-0.39, 0.29) is 0 Å². The van der Waals surface area contributed by atoms with Crippen molar-refractivity contribution in [3.63, 3.8) is 0 Å². The summed E-state index contributed by atoms with van der Waals surface area (Å²) in [5.41, 5.74) is 7.32. The van der Waals surface area contributed by atoms with Gasteiger partial charge < -0.3 is 15.6 Å². The quantitative estimate of drug-likeness (QED) is 0.810. The summed E-state index contributed by atoms with van der Waals surface area (Å²) in [6, 6.07) is 12.5. The van der Waals surface area contributed by atoms with Gasteiger partial charge in [-0.3, -0.25) is 0 Å². The van der Waals surface area contributed by atoms with Gasteiger partial charge in [-0.2, -0.15) is 0 Å². The number of benzene rings is 2. The van der Waals surface area contributed by atoms with Crippen molar-refractivity contribution < 1.29 is 0 Å². The topological polar surface area (TPSA) is 39.1 Å². The number of nitrogens with zero attached hydrogens (tertiary/aromatic N) is 1. The number of hydrogen-bond acceptors (Lipinski definition) is 3. The molecule has 0 saturated carbocycles. The van der Waals surface area contributed by atoms with E-state index >= 15 is 0 Å². The first-order valence-corrected chi connectivity index (χ1v) is 7.09. The molecule has 0 spiro atoms. The molecule has 0 aliphatic rings. The predicted molar refractivity (Wildman–Crippen MR) is 92.5 cm³/mol. The largest absolute Gasteiger partial charge is 0.377 e. The summed E-state index contributed by atoms with van der Waals surface area (Å²) >= 11 is 0. The molecule has 0 atom stereocenters. The van der Waals surface area contributed by atoms with E-state index in [1.54, 1.807) is 0 Å². The monoisotopic (exact) mass is 281 g/mol. The number of rotatable bonds is 4. The van der Waals surface area contributed by atoms with Crippen molar-refractivity contribution in [3.8, 4) is 0 Å². The van der Waals surface area contributed by atoms with Gasteiger partial charge in [-0.15, -0.1) is 0 Å². The molecular weight excluding hydrogens is 258 g/mol. The molecule has 0 saturated heterocycles. The molecule has 0 unspecified atom stereocenters. The van der Waals surface area contributed by atoms with Crippen molar-refractivity contribution in [1.29, 1.82) is 5.41 Å². The third kappa shape index (κ3) is 3.43. The summed E-state index contributed by atoms with van der Waals surface area (Å²) in [5.74, 6) is 0. The third-order valence-electron chi connectivity index (χ3n) is 3.60. The van der Waals surface area contributed by atoms with Crippen LogP contribution in [0.1, 0.15) is 23.6 Å². The molecule has 2 aromatic carbocycles. The lowest BCUT2D eigenvalue weighted by Crippen LogP contribution is -2.10. The number of anilines is 3. The first kappa shape index (κ1) is 15.1. The maximum Gasteiger partial charge on any atom is 0.0392 e. The van der Waals surface area contributed by atoms with E-state index in [0.717, 1.165) is 22.5 Å². The Morgan fingerprint density at radius 2 is 1.52 bits per heavy atom. The fourth-order valence-electron chi connectivity index (χ4n) is 2.56. The van der Waals surface area contributed by atoms with Crippen LogP contribution in [0.15, 0.2) is 36.4 Å². The first-order valence-electron chi connectivity index (χ1n) is 7.09. The van der Waals surface area contributed by atoms with E-state index in [2.05, 4.69) is 55.5 Å². The summed E-state index contributed by atoms with van der Waals surface area (Å²) in [7, 11) is 4.11. The van der Waals surface area contributed by atoms with Crippen LogP contribution in [0.25, 0.3) is 0 Å². The molecule has 3 nitrogen and oxygen atoms in total. The third-order valence-corrected chi connectivity index (χ3v) is 3.60. The highest BCUT2D eigenvalue weighted by Gasteiger charge is 2.04. The van der Waals surface area contributed by atoms with E-state index in [9.17, 15) is 0 Å². The summed E-state index contributed by atoms with van der Waals surface area (Å²) in [4.78, 5) is 2.12.